The molecule has 0 aromatic heterocycles. The molecule has 0 aliphatic rings. The third-order valence-corrected chi connectivity index (χ3v) is 4.33. The number of allylic oxidation sites excluding steroid dienone is 3. The van der Waals surface area contributed by atoms with Crippen molar-refractivity contribution in [2.75, 3.05) is 12.5 Å². The summed E-state index contributed by atoms with van der Waals surface area (Å²) in [6, 6.07) is 0. The van der Waals surface area contributed by atoms with Crippen molar-refractivity contribution in [1.82, 2.24) is 0 Å². The minimum Gasteiger partial charge on any atom is -0.147 e. The van der Waals surface area contributed by atoms with Gasteiger partial charge in [0.2, 0.25) is 0 Å². The van der Waals surface area contributed by atoms with Gasteiger partial charge >= 0.3 is 0 Å². The maximum atomic E-state index is 2.38. The van der Waals surface area contributed by atoms with Crippen LogP contribution in [0.4, 0.5) is 0 Å². The Hall–Kier alpha value is 0.180. The summed E-state index contributed by atoms with van der Waals surface area (Å²) in [4.78, 5) is 0. The van der Waals surface area contributed by atoms with Gasteiger partial charge in [0.15, 0.2) is 0 Å². The van der Waals surface area contributed by atoms with Crippen molar-refractivity contribution < 1.29 is 0 Å². The molecule has 0 N–H and O–H groups in total. The topological polar surface area (TPSA) is 0 Å². The molecule has 0 aromatic rings. The highest BCUT2D eigenvalue weighted by atomic mass is 32.2. The van der Waals surface area contributed by atoms with Crippen LogP contribution in [0.1, 0.15) is 33.6 Å². The lowest BCUT2D eigenvalue weighted by molar-refractivity contribution is 0.963. The molecule has 2 heteroatoms. The van der Waals surface area contributed by atoms with Crippen LogP contribution in [-0.2, 0) is 0 Å². The second-order valence-corrected chi connectivity index (χ2v) is 5.93. The molecule has 0 saturated carbocycles. The molecule has 0 unspecified atom stereocenters. The molecule has 14 heavy (non-hydrogen) atoms. The summed E-state index contributed by atoms with van der Waals surface area (Å²) in [5.41, 5.74) is 2.93. The van der Waals surface area contributed by atoms with Crippen LogP contribution >= 0.6 is 23.5 Å². The fourth-order valence-electron chi connectivity index (χ4n) is 1.14. The molecule has 0 rings (SSSR count). The monoisotopic (exact) mass is 230 g/mol. The van der Waals surface area contributed by atoms with Crippen LogP contribution < -0.4 is 0 Å². The third kappa shape index (κ3) is 7.57. The van der Waals surface area contributed by atoms with Gasteiger partial charge in [0.05, 0.1) is 4.58 Å². The molecule has 0 amide bonds. The first-order valence-electron chi connectivity index (χ1n) is 4.96. The lowest BCUT2D eigenvalue weighted by Gasteiger charge is -2.07. The Balaban J connectivity index is 3.93. The van der Waals surface area contributed by atoms with E-state index in [-0.39, 0.29) is 0 Å². The first kappa shape index (κ1) is 14.2. The quantitative estimate of drug-likeness (QED) is 0.478. The van der Waals surface area contributed by atoms with Crippen LogP contribution in [0, 0.1) is 0 Å². The Morgan fingerprint density at radius 3 is 2.14 bits per heavy atom. The minimum absolute atomic E-state index is 0.627. The van der Waals surface area contributed by atoms with Gasteiger partial charge in [0.1, 0.15) is 0 Å². The summed E-state index contributed by atoms with van der Waals surface area (Å²) in [5, 5.41) is 0. The smallest absolute Gasteiger partial charge is 0.0679 e. The summed E-state index contributed by atoms with van der Waals surface area (Å²) >= 11 is 3.82. The highest BCUT2D eigenvalue weighted by molar-refractivity contribution is 8.16. The SMILES string of the molecule is CSC(/C=C(\C)CCC=C(C)C)SC. The van der Waals surface area contributed by atoms with Crippen molar-refractivity contribution in [2.24, 2.45) is 0 Å². The second-order valence-electron chi connectivity index (χ2n) is 3.67. The molecule has 0 bridgehead atoms. The Morgan fingerprint density at radius 1 is 1.14 bits per heavy atom. The van der Waals surface area contributed by atoms with E-state index in [1.54, 1.807) is 0 Å². The van der Waals surface area contributed by atoms with Crippen molar-refractivity contribution in [3.8, 4) is 0 Å². The van der Waals surface area contributed by atoms with Gasteiger partial charge in [0, 0.05) is 0 Å². The molecular weight excluding hydrogens is 208 g/mol. The van der Waals surface area contributed by atoms with Crippen LogP contribution in [-0.4, -0.2) is 17.1 Å². The number of thioether (sulfide) groups is 2. The molecule has 0 aromatic carbocycles. The van der Waals surface area contributed by atoms with Gasteiger partial charge in [-0.2, -0.15) is 0 Å². The molecule has 0 spiro atoms. The van der Waals surface area contributed by atoms with Crippen molar-refractivity contribution >= 4 is 23.5 Å². The van der Waals surface area contributed by atoms with E-state index >= 15 is 0 Å². The molecule has 0 aliphatic heterocycles. The van der Waals surface area contributed by atoms with Crippen molar-refractivity contribution in [2.45, 2.75) is 38.2 Å². The number of rotatable bonds is 6. The highest BCUT2D eigenvalue weighted by Crippen LogP contribution is 2.22. The van der Waals surface area contributed by atoms with Gasteiger partial charge in [-0.25, -0.2) is 0 Å². The van der Waals surface area contributed by atoms with Crippen LogP contribution in [0.5, 0.6) is 0 Å². The lowest BCUT2D eigenvalue weighted by atomic mass is 10.1. The predicted molar refractivity (Wildman–Crippen MR) is 73.2 cm³/mol. The van der Waals surface area contributed by atoms with Crippen LogP contribution in [0.2, 0.25) is 0 Å². The van der Waals surface area contributed by atoms with E-state index in [0.717, 1.165) is 0 Å². The minimum atomic E-state index is 0.627. The lowest BCUT2D eigenvalue weighted by Crippen LogP contribution is -1.91. The normalized spacial score (nSPS) is 12.0. The summed E-state index contributed by atoms with van der Waals surface area (Å²) in [6.07, 6.45) is 11.4. The van der Waals surface area contributed by atoms with Gasteiger partial charge in [0.25, 0.3) is 0 Å². The maximum Gasteiger partial charge on any atom is 0.0679 e. The average molecular weight is 230 g/mol. The Labute approximate surface area is 97.6 Å². The zero-order chi connectivity index (χ0) is 11.0. The molecule has 0 radical (unpaired) electrons. The molecular formula is C12H22S2. The average Bonchev–Trinajstić information content (AvgIpc) is 2.13. The fraction of sp³-hybridized carbons (Fsp3) is 0.667. The first-order valence-corrected chi connectivity index (χ1v) is 7.54. The van der Waals surface area contributed by atoms with E-state index in [9.17, 15) is 0 Å². The van der Waals surface area contributed by atoms with Crippen LogP contribution in [0.15, 0.2) is 23.3 Å². The molecule has 0 saturated heterocycles. The van der Waals surface area contributed by atoms with Gasteiger partial charge in [-0.1, -0.05) is 23.3 Å². The largest absolute Gasteiger partial charge is 0.147 e. The van der Waals surface area contributed by atoms with E-state index in [1.165, 1.54) is 24.0 Å². The van der Waals surface area contributed by atoms with Crippen molar-refractivity contribution in [1.29, 1.82) is 0 Å². The van der Waals surface area contributed by atoms with Gasteiger partial charge < -0.3 is 0 Å². The Bertz CT molecular complexity index is 196. The number of hydrogen-bond acceptors (Lipinski definition) is 2. The van der Waals surface area contributed by atoms with E-state index in [0.29, 0.717) is 4.58 Å². The molecule has 82 valence electrons. The van der Waals surface area contributed by atoms with Crippen LogP contribution in [0.3, 0.4) is 0 Å². The van der Waals surface area contributed by atoms with E-state index < -0.39 is 0 Å². The van der Waals surface area contributed by atoms with Crippen LogP contribution in [0.25, 0.3) is 0 Å². The zero-order valence-corrected chi connectivity index (χ0v) is 11.6. The molecule has 0 nitrogen and oxygen atoms in total. The summed E-state index contributed by atoms with van der Waals surface area (Å²) in [7, 11) is 0. The predicted octanol–water partition coefficient (Wildman–Crippen LogP) is 4.73. The summed E-state index contributed by atoms with van der Waals surface area (Å²) in [6.45, 7) is 6.55. The van der Waals surface area contributed by atoms with E-state index in [1.807, 2.05) is 23.5 Å². The molecule has 0 heterocycles. The van der Waals surface area contributed by atoms with Gasteiger partial charge in [-0.15, -0.1) is 23.5 Å². The second kappa shape index (κ2) is 8.49. The van der Waals surface area contributed by atoms with E-state index in [2.05, 4.69) is 45.4 Å². The number of hydrogen-bond donors (Lipinski definition) is 0. The van der Waals surface area contributed by atoms with Crippen molar-refractivity contribution in [3.63, 3.8) is 0 Å². The van der Waals surface area contributed by atoms with Crippen molar-refractivity contribution in [3.05, 3.63) is 23.3 Å². The van der Waals surface area contributed by atoms with Gasteiger partial charge in [-0.3, -0.25) is 0 Å². The summed E-state index contributed by atoms with van der Waals surface area (Å²) in [5.74, 6) is 0. The molecule has 0 aliphatic carbocycles. The maximum absolute atomic E-state index is 2.38. The third-order valence-electron chi connectivity index (χ3n) is 1.98. The fourth-order valence-corrected chi connectivity index (χ4v) is 2.64. The standard InChI is InChI=1S/C12H22S2/c1-10(2)7-6-8-11(3)9-12(13-4)14-5/h7,9,12H,6,8H2,1-5H3/b11-9+. The Morgan fingerprint density at radius 2 is 1.71 bits per heavy atom. The Kier molecular flexibility index (Phi) is 8.59. The van der Waals surface area contributed by atoms with E-state index in [4.69, 9.17) is 0 Å². The van der Waals surface area contributed by atoms with Gasteiger partial charge in [-0.05, 0) is 46.1 Å². The highest BCUT2D eigenvalue weighted by Gasteiger charge is 2.00. The first-order chi connectivity index (χ1) is 6.60. The zero-order valence-electron chi connectivity index (χ0n) is 9.96. The summed E-state index contributed by atoms with van der Waals surface area (Å²) < 4.78 is 0.627. The molecule has 0 atom stereocenters. The molecule has 0 fully saturated rings.